The van der Waals surface area contributed by atoms with Crippen molar-refractivity contribution in [2.45, 2.75) is 39.0 Å². The Labute approximate surface area is 105 Å². The topological polar surface area (TPSA) is 76.2 Å². The SMILES string of the molecule is CC(C)(CC(=O)O)Cc1nnc(C(F)(F)C(F)F)o1. The molecule has 0 amide bonds. The van der Waals surface area contributed by atoms with E-state index in [2.05, 4.69) is 14.6 Å². The highest BCUT2D eigenvalue weighted by molar-refractivity contribution is 5.67. The zero-order chi connectivity index (χ0) is 14.8. The van der Waals surface area contributed by atoms with Crippen LogP contribution >= 0.6 is 0 Å². The fourth-order valence-electron chi connectivity index (χ4n) is 1.43. The smallest absolute Gasteiger partial charge is 0.382 e. The minimum atomic E-state index is -4.51. The molecule has 0 radical (unpaired) electrons. The number of hydrogen-bond acceptors (Lipinski definition) is 4. The Balaban J connectivity index is 2.84. The van der Waals surface area contributed by atoms with Crippen LogP contribution in [0.15, 0.2) is 4.42 Å². The molecule has 0 aliphatic rings. The van der Waals surface area contributed by atoms with E-state index in [9.17, 15) is 22.4 Å². The highest BCUT2D eigenvalue weighted by Gasteiger charge is 2.48. The van der Waals surface area contributed by atoms with Crippen molar-refractivity contribution in [1.29, 1.82) is 0 Å². The number of halogens is 4. The van der Waals surface area contributed by atoms with Gasteiger partial charge in [0.1, 0.15) is 0 Å². The Morgan fingerprint density at radius 2 is 1.95 bits per heavy atom. The lowest BCUT2D eigenvalue weighted by Gasteiger charge is -2.19. The van der Waals surface area contributed by atoms with E-state index in [0.717, 1.165) is 0 Å². The summed E-state index contributed by atoms with van der Waals surface area (Å²) in [7, 11) is 0. The van der Waals surface area contributed by atoms with Crippen molar-refractivity contribution in [3.05, 3.63) is 11.8 Å². The number of carboxylic acid groups (broad SMARTS) is 1. The first kappa shape index (κ1) is 15.4. The number of nitrogens with zero attached hydrogens (tertiary/aromatic N) is 2. The summed E-state index contributed by atoms with van der Waals surface area (Å²) in [5.41, 5.74) is -0.824. The van der Waals surface area contributed by atoms with Gasteiger partial charge in [0, 0.05) is 6.42 Å². The predicted octanol–water partition coefficient (Wildman–Crippen LogP) is 2.47. The van der Waals surface area contributed by atoms with Crippen LogP contribution in [0.3, 0.4) is 0 Å². The van der Waals surface area contributed by atoms with Gasteiger partial charge in [-0.3, -0.25) is 4.79 Å². The van der Waals surface area contributed by atoms with Crippen molar-refractivity contribution >= 4 is 5.97 Å². The fraction of sp³-hybridized carbons (Fsp3) is 0.700. The van der Waals surface area contributed by atoms with Crippen LogP contribution in [-0.2, 0) is 17.1 Å². The van der Waals surface area contributed by atoms with Crippen molar-refractivity contribution in [2.75, 3.05) is 0 Å². The van der Waals surface area contributed by atoms with Crippen LogP contribution in [0.2, 0.25) is 0 Å². The fourth-order valence-corrected chi connectivity index (χ4v) is 1.43. The van der Waals surface area contributed by atoms with Gasteiger partial charge >= 0.3 is 18.3 Å². The van der Waals surface area contributed by atoms with Crippen LogP contribution in [0.5, 0.6) is 0 Å². The maximum absolute atomic E-state index is 12.9. The maximum atomic E-state index is 12.9. The van der Waals surface area contributed by atoms with Gasteiger partial charge in [0.25, 0.3) is 5.89 Å². The third kappa shape index (κ3) is 3.90. The van der Waals surface area contributed by atoms with Crippen LogP contribution in [0.1, 0.15) is 32.0 Å². The number of carbonyl (C=O) groups is 1. The molecule has 9 heteroatoms. The largest absolute Gasteiger partial charge is 0.481 e. The molecule has 1 aromatic rings. The molecule has 0 unspecified atom stereocenters. The molecule has 0 saturated heterocycles. The number of aromatic nitrogens is 2. The average Bonchev–Trinajstić information content (AvgIpc) is 2.62. The van der Waals surface area contributed by atoms with E-state index in [1.165, 1.54) is 0 Å². The van der Waals surface area contributed by atoms with Crippen LogP contribution in [0.4, 0.5) is 17.6 Å². The molecule has 0 fully saturated rings. The first-order chi connectivity index (χ1) is 8.54. The van der Waals surface area contributed by atoms with Gasteiger partial charge in [-0.05, 0) is 5.41 Å². The highest BCUT2D eigenvalue weighted by Crippen LogP contribution is 2.34. The van der Waals surface area contributed by atoms with Gasteiger partial charge in [-0.1, -0.05) is 13.8 Å². The van der Waals surface area contributed by atoms with Gasteiger partial charge in [-0.15, -0.1) is 10.2 Å². The van der Waals surface area contributed by atoms with Gasteiger partial charge < -0.3 is 9.52 Å². The number of hydrogen-bond donors (Lipinski definition) is 1. The molecule has 1 N–H and O–H groups in total. The first-order valence-corrected chi connectivity index (χ1v) is 5.25. The van der Waals surface area contributed by atoms with Crippen molar-refractivity contribution in [3.63, 3.8) is 0 Å². The molecule has 5 nitrogen and oxygen atoms in total. The maximum Gasteiger partial charge on any atom is 0.382 e. The highest BCUT2D eigenvalue weighted by atomic mass is 19.3. The Kier molecular flexibility index (Phi) is 4.16. The van der Waals surface area contributed by atoms with Crippen LogP contribution in [-0.4, -0.2) is 27.7 Å². The third-order valence-corrected chi connectivity index (χ3v) is 2.29. The summed E-state index contributed by atoms with van der Waals surface area (Å²) in [5.74, 6) is -7.37. The summed E-state index contributed by atoms with van der Waals surface area (Å²) in [4.78, 5) is 10.6. The molecule has 0 bridgehead atoms. The Morgan fingerprint density at radius 1 is 1.37 bits per heavy atom. The molecule has 0 aliphatic heterocycles. The Morgan fingerprint density at radius 3 is 2.42 bits per heavy atom. The molecular weight excluding hydrogens is 272 g/mol. The summed E-state index contributed by atoms with van der Waals surface area (Å²) >= 11 is 0. The van der Waals surface area contributed by atoms with Gasteiger partial charge in [0.2, 0.25) is 5.89 Å². The molecule has 1 rings (SSSR count). The predicted molar refractivity (Wildman–Crippen MR) is 53.9 cm³/mol. The van der Waals surface area contributed by atoms with E-state index in [1.54, 1.807) is 13.8 Å². The summed E-state index contributed by atoms with van der Waals surface area (Å²) in [6.07, 6.45) is -4.31. The molecule has 0 spiro atoms. The molecule has 0 aromatic carbocycles. The molecule has 0 atom stereocenters. The third-order valence-electron chi connectivity index (χ3n) is 2.29. The lowest BCUT2D eigenvalue weighted by molar-refractivity contribution is -0.151. The summed E-state index contributed by atoms with van der Waals surface area (Å²) < 4.78 is 54.4. The van der Waals surface area contributed by atoms with Gasteiger partial charge in [-0.25, -0.2) is 8.78 Å². The monoisotopic (exact) mass is 284 g/mol. The van der Waals surface area contributed by atoms with Crippen molar-refractivity contribution in [3.8, 4) is 0 Å². The van der Waals surface area contributed by atoms with E-state index in [1.807, 2.05) is 0 Å². The van der Waals surface area contributed by atoms with E-state index >= 15 is 0 Å². The first-order valence-electron chi connectivity index (χ1n) is 5.25. The Hall–Kier alpha value is -1.67. The zero-order valence-corrected chi connectivity index (χ0v) is 10.2. The van der Waals surface area contributed by atoms with Crippen LogP contribution in [0.25, 0.3) is 0 Å². The normalized spacial score (nSPS) is 13.0. The van der Waals surface area contributed by atoms with E-state index < -0.39 is 29.6 Å². The van der Waals surface area contributed by atoms with Crippen molar-refractivity contribution < 1.29 is 31.9 Å². The van der Waals surface area contributed by atoms with Crippen molar-refractivity contribution in [2.24, 2.45) is 5.41 Å². The average molecular weight is 284 g/mol. The zero-order valence-electron chi connectivity index (χ0n) is 10.2. The second kappa shape index (κ2) is 5.14. The van der Waals surface area contributed by atoms with E-state index in [0.29, 0.717) is 0 Å². The molecular formula is C10H12F4N2O3. The molecule has 1 aromatic heterocycles. The Bertz CT molecular complexity index is 459. The summed E-state index contributed by atoms with van der Waals surface area (Å²) in [5, 5.41) is 14.8. The number of rotatable bonds is 6. The van der Waals surface area contributed by atoms with Crippen molar-refractivity contribution in [1.82, 2.24) is 10.2 Å². The quantitative estimate of drug-likeness (QED) is 0.812. The lowest BCUT2D eigenvalue weighted by atomic mass is 9.86. The standard InChI is InChI=1S/C10H12F4N2O3/c1-9(2,4-6(17)18)3-5-15-16-8(19-5)10(13,14)7(11)12/h7H,3-4H2,1-2H3,(H,17,18). The van der Waals surface area contributed by atoms with E-state index in [-0.39, 0.29) is 18.7 Å². The number of aliphatic carboxylic acids is 1. The van der Waals surface area contributed by atoms with Crippen LogP contribution in [0, 0.1) is 5.41 Å². The second-order valence-electron chi connectivity index (χ2n) is 4.84. The molecule has 0 saturated carbocycles. The molecule has 0 aliphatic carbocycles. The van der Waals surface area contributed by atoms with Gasteiger partial charge in [0.05, 0.1) is 6.42 Å². The van der Waals surface area contributed by atoms with Gasteiger partial charge in [0.15, 0.2) is 0 Å². The minimum absolute atomic E-state index is 0.106. The van der Waals surface area contributed by atoms with Gasteiger partial charge in [-0.2, -0.15) is 8.78 Å². The van der Waals surface area contributed by atoms with Crippen LogP contribution < -0.4 is 0 Å². The lowest BCUT2D eigenvalue weighted by Crippen LogP contribution is -2.24. The summed E-state index contributed by atoms with van der Waals surface area (Å²) in [6, 6.07) is 0. The second-order valence-corrected chi connectivity index (χ2v) is 4.84. The molecule has 1 heterocycles. The van der Waals surface area contributed by atoms with E-state index in [4.69, 9.17) is 5.11 Å². The number of alkyl halides is 4. The molecule has 19 heavy (non-hydrogen) atoms. The molecule has 108 valence electrons. The summed E-state index contributed by atoms with van der Waals surface area (Å²) in [6.45, 7) is 3.10. The number of carboxylic acids is 1. The minimum Gasteiger partial charge on any atom is -0.481 e.